The summed E-state index contributed by atoms with van der Waals surface area (Å²) in [5, 5.41) is 2.87. The molecule has 0 spiro atoms. The van der Waals surface area contributed by atoms with E-state index in [1.807, 2.05) is 24.3 Å². The first-order valence-corrected chi connectivity index (χ1v) is 8.03. The van der Waals surface area contributed by atoms with E-state index in [0.717, 1.165) is 25.1 Å². The minimum atomic E-state index is -0.212. The Balaban J connectivity index is 1.76. The molecule has 5 nitrogen and oxygen atoms in total. The molecule has 0 bridgehead atoms. The highest BCUT2D eigenvalue weighted by molar-refractivity contribution is 6.05. The minimum Gasteiger partial charge on any atom is -0.497 e. The highest BCUT2D eigenvalue weighted by Gasteiger charge is 2.19. The normalized spacial score (nSPS) is 14.4. The van der Waals surface area contributed by atoms with Crippen LogP contribution in [0, 0.1) is 0 Å². The summed E-state index contributed by atoms with van der Waals surface area (Å²) >= 11 is 0. The Morgan fingerprint density at radius 2 is 1.96 bits per heavy atom. The number of nitrogens with one attached hydrogen (secondary N) is 1. The van der Waals surface area contributed by atoms with Gasteiger partial charge in [0.25, 0.3) is 5.91 Å². The van der Waals surface area contributed by atoms with Gasteiger partial charge in [0.1, 0.15) is 5.75 Å². The second-order valence-electron chi connectivity index (χ2n) is 5.74. The molecule has 1 saturated heterocycles. The van der Waals surface area contributed by atoms with Crippen LogP contribution in [0.1, 0.15) is 29.6 Å². The number of ether oxygens (including phenoxy) is 1. The molecule has 0 aliphatic carbocycles. The fourth-order valence-corrected chi connectivity index (χ4v) is 2.80. The van der Waals surface area contributed by atoms with Crippen LogP contribution in [0.15, 0.2) is 48.5 Å². The van der Waals surface area contributed by atoms with Gasteiger partial charge in [0.05, 0.1) is 7.11 Å². The van der Waals surface area contributed by atoms with Gasteiger partial charge in [-0.2, -0.15) is 0 Å². The van der Waals surface area contributed by atoms with Gasteiger partial charge < -0.3 is 15.0 Å². The van der Waals surface area contributed by atoms with Gasteiger partial charge in [-0.3, -0.25) is 9.59 Å². The van der Waals surface area contributed by atoms with Crippen LogP contribution >= 0.6 is 0 Å². The summed E-state index contributed by atoms with van der Waals surface area (Å²) in [6.45, 7) is 0.728. The Morgan fingerprint density at radius 3 is 2.75 bits per heavy atom. The van der Waals surface area contributed by atoms with Crippen LogP contribution in [0.5, 0.6) is 5.75 Å². The Hall–Kier alpha value is -2.82. The summed E-state index contributed by atoms with van der Waals surface area (Å²) < 4.78 is 5.14. The van der Waals surface area contributed by atoms with Crippen LogP contribution < -0.4 is 15.0 Å². The minimum absolute atomic E-state index is 0.137. The lowest BCUT2D eigenvalue weighted by Crippen LogP contribution is -2.35. The van der Waals surface area contributed by atoms with Gasteiger partial charge in [-0.1, -0.05) is 12.1 Å². The molecule has 1 aliphatic heterocycles. The second-order valence-corrected chi connectivity index (χ2v) is 5.74. The molecule has 5 heteroatoms. The van der Waals surface area contributed by atoms with Crippen molar-refractivity contribution in [2.24, 2.45) is 0 Å². The fourth-order valence-electron chi connectivity index (χ4n) is 2.80. The molecule has 24 heavy (non-hydrogen) atoms. The van der Waals surface area contributed by atoms with Gasteiger partial charge in [-0.05, 0) is 49.2 Å². The molecule has 2 amide bonds. The molecule has 0 saturated carbocycles. The lowest BCUT2D eigenvalue weighted by molar-refractivity contribution is -0.119. The lowest BCUT2D eigenvalue weighted by atomic mass is 10.1. The number of carbonyl (C=O) groups is 2. The van der Waals surface area contributed by atoms with Gasteiger partial charge >= 0.3 is 0 Å². The summed E-state index contributed by atoms with van der Waals surface area (Å²) in [6, 6.07) is 14.4. The summed E-state index contributed by atoms with van der Waals surface area (Å²) in [5.41, 5.74) is 2.01. The summed E-state index contributed by atoms with van der Waals surface area (Å²) in [4.78, 5) is 26.2. The molecule has 124 valence electrons. The van der Waals surface area contributed by atoms with Gasteiger partial charge in [-0.25, -0.2) is 0 Å². The third-order valence-electron chi connectivity index (χ3n) is 4.07. The first-order valence-electron chi connectivity index (χ1n) is 8.03. The van der Waals surface area contributed by atoms with E-state index in [1.54, 1.807) is 36.3 Å². The number of hydrogen-bond acceptors (Lipinski definition) is 3. The molecule has 1 fully saturated rings. The van der Waals surface area contributed by atoms with Crippen molar-refractivity contribution in [2.45, 2.75) is 19.3 Å². The number of amides is 2. The SMILES string of the molecule is COc1cccc(C(=O)Nc2cccc(N3CCCCC3=O)c2)c1. The van der Waals surface area contributed by atoms with E-state index in [0.29, 0.717) is 23.4 Å². The molecule has 3 rings (SSSR count). The zero-order valence-electron chi connectivity index (χ0n) is 13.6. The van der Waals surface area contributed by atoms with Crippen LogP contribution in [0.25, 0.3) is 0 Å². The Kier molecular flexibility index (Phi) is 4.79. The highest BCUT2D eigenvalue weighted by Crippen LogP contribution is 2.24. The van der Waals surface area contributed by atoms with E-state index < -0.39 is 0 Å². The molecule has 0 unspecified atom stereocenters. The van der Waals surface area contributed by atoms with Crippen molar-refractivity contribution in [3.63, 3.8) is 0 Å². The van der Waals surface area contributed by atoms with Gasteiger partial charge in [0.2, 0.25) is 5.91 Å². The standard InChI is InChI=1S/C19H20N2O3/c1-24-17-9-4-6-14(12-17)19(23)20-15-7-5-8-16(13-15)21-11-3-2-10-18(21)22/h4-9,12-13H,2-3,10-11H2,1H3,(H,20,23). The topological polar surface area (TPSA) is 58.6 Å². The maximum absolute atomic E-state index is 12.4. The molecule has 2 aromatic carbocycles. The van der Waals surface area contributed by atoms with E-state index in [4.69, 9.17) is 4.74 Å². The van der Waals surface area contributed by atoms with Crippen molar-refractivity contribution in [1.82, 2.24) is 0 Å². The Morgan fingerprint density at radius 1 is 1.12 bits per heavy atom. The number of carbonyl (C=O) groups excluding carboxylic acids is 2. The second kappa shape index (κ2) is 7.17. The molecule has 1 aliphatic rings. The zero-order valence-corrected chi connectivity index (χ0v) is 13.6. The number of anilines is 2. The summed E-state index contributed by atoms with van der Waals surface area (Å²) in [6.07, 6.45) is 2.54. The summed E-state index contributed by atoms with van der Waals surface area (Å²) in [5.74, 6) is 0.559. The molecule has 2 aromatic rings. The van der Waals surface area contributed by atoms with Crippen molar-refractivity contribution in [1.29, 1.82) is 0 Å². The van der Waals surface area contributed by atoms with E-state index in [1.165, 1.54) is 0 Å². The average Bonchev–Trinajstić information content (AvgIpc) is 2.62. The van der Waals surface area contributed by atoms with E-state index in [2.05, 4.69) is 5.32 Å². The van der Waals surface area contributed by atoms with Crippen molar-refractivity contribution < 1.29 is 14.3 Å². The zero-order chi connectivity index (χ0) is 16.9. The predicted molar refractivity (Wildman–Crippen MR) is 93.6 cm³/mol. The van der Waals surface area contributed by atoms with Crippen LogP contribution in [0.3, 0.4) is 0 Å². The smallest absolute Gasteiger partial charge is 0.255 e. The number of rotatable bonds is 4. The maximum atomic E-state index is 12.4. The van der Waals surface area contributed by atoms with Crippen LogP contribution in [0.4, 0.5) is 11.4 Å². The number of piperidine rings is 1. The number of hydrogen-bond donors (Lipinski definition) is 1. The third-order valence-corrected chi connectivity index (χ3v) is 4.07. The van der Waals surface area contributed by atoms with Crippen molar-refractivity contribution in [3.8, 4) is 5.75 Å². The quantitative estimate of drug-likeness (QED) is 0.937. The molecular formula is C19H20N2O3. The van der Waals surface area contributed by atoms with Gasteiger partial charge in [-0.15, -0.1) is 0 Å². The van der Waals surface area contributed by atoms with Crippen molar-refractivity contribution in [3.05, 3.63) is 54.1 Å². The van der Waals surface area contributed by atoms with Crippen molar-refractivity contribution >= 4 is 23.2 Å². The molecular weight excluding hydrogens is 304 g/mol. The molecule has 0 atom stereocenters. The van der Waals surface area contributed by atoms with E-state index in [9.17, 15) is 9.59 Å². The number of benzene rings is 2. The van der Waals surface area contributed by atoms with E-state index in [-0.39, 0.29) is 11.8 Å². The van der Waals surface area contributed by atoms with E-state index >= 15 is 0 Å². The predicted octanol–water partition coefficient (Wildman–Crippen LogP) is 3.46. The fraction of sp³-hybridized carbons (Fsp3) is 0.263. The van der Waals surface area contributed by atoms with Gasteiger partial charge in [0.15, 0.2) is 0 Å². The largest absolute Gasteiger partial charge is 0.497 e. The Bertz CT molecular complexity index is 758. The highest BCUT2D eigenvalue weighted by atomic mass is 16.5. The van der Waals surface area contributed by atoms with Crippen LogP contribution in [0.2, 0.25) is 0 Å². The van der Waals surface area contributed by atoms with Gasteiger partial charge in [0, 0.05) is 29.9 Å². The monoisotopic (exact) mass is 324 g/mol. The van der Waals surface area contributed by atoms with Crippen LogP contribution in [-0.4, -0.2) is 25.5 Å². The number of methoxy groups -OCH3 is 1. The first-order chi connectivity index (χ1) is 11.7. The molecule has 1 N–H and O–H groups in total. The average molecular weight is 324 g/mol. The maximum Gasteiger partial charge on any atom is 0.255 e. The molecule has 0 radical (unpaired) electrons. The lowest BCUT2D eigenvalue weighted by Gasteiger charge is -2.27. The Labute approximate surface area is 141 Å². The molecule has 1 heterocycles. The summed E-state index contributed by atoms with van der Waals surface area (Å²) in [7, 11) is 1.57. The van der Waals surface area contributed by atoms with Crippen LogP contribution in [-0.2, 0) is 4.79 Å². The number of nitrogens with zero attached hydrogens (tertiary/aromatic N) is 1. The first kappa shape index (κ1) is 16.1. The van der Waals surface area contributed by atoms with Crippen molar-refractivity contribution in [2.75, 3.05) is 23.9 Å². The third kappa shape index (κ3) is 3.56. The molecule has 0 aromatic heterocycles.